The van der Waals surface area contributed by atoms with Gasteiger partial charge in [-0.2, -0.15) is 4.31 Å². The summed E-state index contributed by atoms with van der Waals surface area (Å²) in [5.41, 5.74) is 1.58. The van der Waals surface area contributed by atoms with Crippen molar-refractivity contribution in [3.63, 3.8) is 0 Å². The second-order valence-electron chi connectivity index (χ2n) is 15.4. The van der Waals surface area contributed by atoms with Gasteiger partial charge in [-0.1, -0.05) is 68.4 Å². The number of likely N-dealkylation sites (tertiary alicyclic amines) is 1. The minimum absolute atomic E-state index is 0.0484. The Bertz CT molecular complexity index is 1760. The summed E-state index contributed by atoms with van der Waals surface area (Å²) >= 11 is 1.46. The highest BCUT2D eigenvalue weighted by atomic mass is 32.2. The van der Waals surface area contributed by atoms with Crippen molar-refractivity contribution in [2.45, 2.75) is 107 Å². The number of aromatic nitrogens is 1. The predicted molar refractivity (Wildman–Crippen MR) is 201 cm³/mol. The number of piperidine rings is 1. The monoisotopic (exact) mass is 755 g/mol. The first-order chi connectivity index (χ1) is 25.1. The number of carboxylic acid groups (broad SMARTS) is 1. The second-order valence-corrected chi connectivity index (χ2v) is 18.3. The van der Waals surface area contributed by atoms with Crippen LogP contribution in [-0.4, -0.2) is 120 Å². The molecular weight excluding hydrogens is 703 g/mol. The third kappa shape index (κ3) is 8.28. The number of hydrogen-bond acceptors (Lipinski definition) is 10. The molecule has 1 aliphatic carbocycles. The van der Waals surface area contributed by atoms with Crippen molar-refractivity contribution >= 4 is 42.8 Å². The van der Waals surface area contributed by atoms with Crippen LogP contribution in [0.4, 0.5) is 9.93 Å². The Morgan fingerprint density at radius 1 is 1.04 bits per heavy atom. The molecule has 284 valence electrons. The van der Waals surface area contributed by atoms with Crippen LogP contribution in [0.1, 0.15) is 64.4 Å². The van der Waals surface area contributed by atoms with Crippen molar-refractivity contribution in [2.24, 2.45) is 11.8 Å². The second kappa shape index (κ2) is 16.3. The lowest BCUT2D eigenvalue weighted by Crippen LogP contribution is -2.57. The molecule has 1 aromatic heterocycles. The predicted octanol–water partition coefficient (Wildman–Crippen LogP) is 5.48. The first-order valence-corrected chi connectivity index (χ1v) is 21.2. The Morgan fingerprint density at radius 2 is 1.79 bits per heavy atom. The van der Waals surface area contributed by atoms with Crippen LogP contribution < -0.4 is 5.32 Å². The molecular formula is C38H53N5O7S2. The fraction of sp³-hybridized carbons (Fsp3) is 0.632. The van der Waals surface area contributed by atoms with Gasteiger partial charge in [0.05, 0.1) is 46.5 Å². The zero-order valence-corrected chi connectivity index (χ0v) is 31.8. The summed E-state index contributed by atoms with van der Waals surface area (Å²) in [6.45, 7) is 6.56. The van der Waals surface area contributed by atoms with E-state index in [1.54, 1.807) is 18.2 Å². The van der Waals surface area contributed by atoms with Gasteiger partial charge in [-0.25, -0.2) is 18.2 Å². The van der Waals surface area contributed by atoms with Gasteiger partial charge < -0.3 is 29.9 Å². The fourth-order valence-electron chi connectivity index (χ4n) is 8.67. The number of thiazole rings is 1. The highest BCUT2D eigenvalue weighted by Crippen LogP contribution is 2.37. The number of fused-ring (bicyclic) bond motifs is 2. The summed E-state index contributed by atoms with van der Waals surface area (Å²) < 4.78 is 42.4. The van der Waals surface area contributed by atoms with Gasteiger partial charge in [0.25, 0.3) is 0 Å². The van der Waals surface area contributed by atoms with E-state index in [0.717, 1.165) is 52.9 Å². The number of carbonyl (C=O) groups is 1. The van der Waals surface area contributed by atoms with Crippen molar-refractivity contribution in [1.82, 2.24) is 19.1 Å². The first kappa shape index (κ1) is 37.5. The van der Waals surface area contributed by atoms with E-state index < -0.39 is 40.6 Å². The van der Waals surface area contributed by atoms with Crippen LogP contribution in [0.2, 0.25) is 0 Å². The highest BCUT2D eigenvalue weighted by Gasteiger charge is 2.49. The number of aliphatic hydroxyl groups excluding tert-OH is 1. The van der Waals surface area contributed by atoms with Crippen LogP contribution in [0.3, 0.4) is 0 Å². The average Bonchev–Trinajstić information content (AvgIpc) is 3.94. The summed E-state index contributed by atoms with van der Waals surface area (Å²) in [7, 11) is -4.08. The largest absolute Gasteiger partial charge is 0.465 e. The molecule has 12 nitrogen and oxygen atoms in total. The first-order valence-electron chi connectivity index (χ1n) is 18.9. The summed E-state index contributed by atoms with van der Waals surface area (Å²) in [6.07, 6.45) is 5.31. The van der Waals surface area contributed by atoms with Crippen molar-refractivity contribution in [1.29, 1.82) is 0 Å². The Balaban J connectivity index is 1.10. The zero-order chi connectivity index (χ0) is 36.4. The van der Waals surface area contributed by atoms with Gasteiger partial charge in [-0.3, -0.25) is 4.90 Å². The van der Waals surface area contributed by atoms with E-state index in [4.69, 9.17) is 14.5 Å². The van der Waals surface area contributed by atoms with Gasteiger partial charge in [0.1, 0.15) is 0 Å². The van der Waals surface area contributed by atoms with E-state index in [1.165, 1.54) is 46.2 Å². The number of anilines is 1. The molecule has 4 heterocycles. The molecule has 1 saturated carbocycles. The van der Waals surface area contributed by atoms with E-state index in [0.29, 0.717) is 19.1 Å². The minimum atomic E-state index is -4.08. The quantitative estimate of drug-likeness (QED) is 0.194. The molecule has 3 N–H and O–H groups in total. The SMILES string of the molecule is CC(C)CN(C[C@@H](O)[C@H](Cc1ccccc1)N(C(=O)O)[C@H]1CO[C@H]2OCC[C@H]21)S(=O)(=O)c1ccc2nc(NC3CCN(C4CCCC4)CC3)sc2c1. The third-order valence-electron chi connectivity index (χ3n) is 11.3. The molecule has 3 saturated heterocycles. The van der Waals surface area contributed by atoms with E-state index in [-0.39, 0.29) is 42.8 Å². The number of amides is 1. The fourth-order valence-corrected chi connectivity index (χ4v) is 11.4. The molecule has 0 bridgehead atoms. The Hall–Kier alpha value is -2.85. The molecule has 5 atom stereocenters. The molecule has 2 aromatic carbocycles. The van der Waals surface area contributed by atoms with E-state index in [1.807, 2.05) is 44.2 Å². The van der Waals surface area contributed by atoms with Crippen LogP contribution in [-0.2, 0) is 25.9 Å². The maximum atomic E-state index is 14.4. The molecule has 4 fully saturated rings. The third-order valence-corrected chi connectivity index (χ3v) is 14.1. The average molecular weight is 756 g/mol. The van der Waals surface area contributed by atoms with Gasteiger partial charge in [-0.05, 0) is 68.2 Å². The number of nitrogens with zero attached hydrogens (tertiary/aromatic N) is 4. The van der Waals surface area contributed by atoms with Crippen LogP contribution >= 0.6 is 11.3 Å². The van der Waals surface area contributed by atoms with Crippen molar-refractivity contribution in [3.8, 4) is 0 Å². The molecule has 0 radical (unpaired) electrons. The normalized spacial score (nSPS) is 24.5. The van der Waals surface area contributed by atoms with Gasteiger partial charge in [0.2, 0.25) is 10.0 Å². The summed E-state index contributed by atoms with van der Waals surface area (Å²) in [5.74, 6) is -0.208. The summed E-state index contributed by atoms with van der Waals surface area (Å²) in [5, 5.41) is 27.0. The van der Waals surface area contributed by atoms with Gasteiger partial charge in [0, 0.05) is 44.2 Å². The number of aliphatic hydroxyl groups is 1. The minimum Gasteiger partial charge on any atom is -0.465 e. The molecule has 7 rings (SSSR count). The maximum absolute atomic E-state index is 14.4. The summed E-state index contributed by atoms with van der Waals surface area (Å²) in [6, 6.07) is 14.0. The van der Waals surface area contributed by atoms with Crippen LogP contribution in [0, 0.1) is 11.8 Å². The number of rotatable bonds is 14. The highest BCUT2D eigenvalue weighted by molar-refractivity contribution is 7.89. The number of nitrogens with one attached hydrogen (secondary N) is 1. The van der Waals surface area contributed by atoms with Crippen molar-refractivity contribution < 1.29 is 32.9 Å². The lowest BCUT2D eigenvalue weighted by molar-refractivity contribution is -0.0906. The van der Waals surface area contributed by atoms with E-state index in [9.17, 15) is 23.4 Å². The standard InChI is InChI=1S/C38H53N5O7S2/c1-25(2)22-42(23-34(44)32(20-26-8-4-3-5-9-26)43(38(45)46)33-24-50-36-30(33)16-19-49-36)52(47,48)29-12-13-31-35(21-29)51-37(40-31)39-27-14-17-41(18-15-27)28-10-6-7-11-28/h3-5,8-9,12-13,21,25,27-28,30,32-34,36,44H,6-7,10-11,14-20,22-24H2,1-2H3,(H,39,40)(H,45,46)/t30-,32-,33-,34+,36+/m0/s1. The van der Waals surface area contributed by atoms with Crippen molar-refractivity contribution in [2.75, 3.05) is 44.7 Å². The number of ether oxygens (including phenoxy) is 2. The van der Waals surface area contributed by atoms with Crippen molar-refractivity contribution in [3.05, 3.63) is 54.1 Å². The Labute approximate surface area is 311 Å². The topological polar surface area (TPSA) is 145 Å². The van der Waals surface area contributed by atoms with Crippen LogP contribution in [0.25, 0.3) is 10.2 Å². The Morgan fingerprint density at radius 3 is 2.50 bits per heavy atom. The molecule has 3 aromatic rings. The van der Waals surface area contributed by atoms with Crippen LogP contribution in [0.5, 0.6) is 0 Å². The molecule has 0 spiro atoms. The van der Waals surface area contributed by atoms with Crippen LogP contribution in [0.15, 0.2) is 53.4 Å². The van der Waals surface area contributed by atoms with Gasteiger partial charge in [0.15, 0.2) is 11.4 Å². The molecule has 4 aliphatic rings. The summed E-state index contributed by atoms with van der Waals surface area (Å²) in [4.78, 5) is 21.8. The molecule has 3 aliphatic heterocycles. The molecule has 52 heavy (non-hydrogen) atoms. The Kier molecular flexibility index (Phi) is 11.7. The lowest BCUT2D eigenvalue weighted by Gasteiger charge is -2.39. The molecule has 14 heteroatoms. The number of sulfonamides is 1. The number of benzene rings is 2. The zero-order valence-electron chi connectivity index (χ0n) is 30.2. The van der Waals surface area contributed by atoms with Gasteiger partial charge in [-0.15, -0.1) is 0 Å². The molecule has 1 amide bonds. The maximum Gasteiger partial charge on any atom is 0.407 e. The molecule has 0 unspecified atom stereocenters. The lowest BCUT2D eigenvalue weighted by atomic mass is 9.93. The van der Waals surface area contributed by atoms with E-state index in [2.05, 4.69) is 10.2 Å². The number of hydrogen-bond donors (Lipinski definition) is 3. The van der Waals surface area contributed by atoms with Gasteiger partial charge >= 0.3 is 6.09 Å². The van der Waals surface area contributed by atoms with E-state index >= 15 is 0 Å². The smallest absolute Gasteiger partial charge is 0.407 e.